The second kappa shape index (κ2) is 5.91. The Morgan fingerprint density at radius 3 is 2.74 bits per heavy atom. The van der Waals surface area contributed by atoms with Crippen LogP contribution in [-0.4, -0.2) is 26.8 Å². The summed E-state index contributed by atoms with van der Waals surface area (Å²) in [5, 5.41) is 7.88. The number of aryl methyl sites for hydroxylation is 2. The molecule has 2 aromatic heterocycles. The van der Waals surface area contributed by atoms with Crippen LogP contribution in [0, 0.1) is 13.8 Å². The molecule has 0 radical (unpaired) electrons. The second-order valence-corrected chi connectivity index (χ2v) is 5.07. The van der Waals surface area contributed by atoms with Gasteiger partial charge >= 0.3 is 0 Å². The van der Waals surface area contributed by atoms with Gasteiger partial charge in [-0.3, -0.25) is 20.4 Å². The van der Waals surface area contributed by atoms with Gasteiger partial charge in [0.2, 0.25) is 0 Å². The molecule has 0 atom stereocenters. The fraction of sp³-hybridized carbons (Fsp3) is 0.200. The number of benzene rings is 1. The smallest absolute Gasteiger partial charge is 0.273 e. The van der Waals surface area contributed by atoms with Crippen LogP contribution in [0.25, 0.3) is 11.0 Å². The van der Waals surface area contributed by atoms with Gasteiger partial charge in [-0.25, -0.2) is 4.68 Å². The lowest BCUT2D eigenvalue weighted by molar-refractivity contribution is -0.122. The summed E-state index contributed by atoms with van der Waals surface area (Å²) in [6.07, 6.45) is 0. The zero-order chi connectivity index (χ0) is 16.4. The molecule has 8 nitrogen and oxygen atoms in total. The van der Waals surface area contributed by atoms with E-state index in [1.54, 1.807) is 19.9 Å². The molecule has 0 unspecified atom stereocenters. The normalized spacial score (nSPS) is 10.7. The first-order chi connectivity index (χ1) is 11.0. The molecular weight excluding hydrogens is 298 g/mol. The maximum atomic E-state index is 12.0. The molecule has 8 heteroatoms. The predicted octanol–water partition coefficient (Wildman–Crippen LogP) is 1.10. The van der Waals surface area contributed by atoms with E-state index in [-0.39, 0.29) is 6.54 Å². The molecule has 1 aromatic carbocycles. The first kappa shape index (κ1) is 14.8. The average Bonchev–Trinajstić information content (AvgIpc) is 3.08. The van der Waals surface area contributed by atoms with E-state index >= 15 is 0 Å². The van der Waals surface area contributed by atoms with Crippen LogP contribution in [0.5, 0.6) is 0 Å². The van der Waals surface area contributed by atoms with Gasteiger partial charge in [-0.2, -0.15) is 0 Å². The monoisotopic (exact) mass is 313 g/mol. The van der Waals surface area contributed by atoms with Gasteiger partial charge in [0.1, 0.15) is 23.6 Å². The number of furan rings is 1. The number of amides is 2. The molecule has 2 N–H and O–H groups in total. The van der Waals surface area contributed by atoms with Crippen molar-refractivity contribution in [3.05, 3.63) is 47.4 Å². The summed E-state index contributed by atoms with van der Waals surface area (Å²) < 4.78 is 6.74. The molecule has 0 bridgehead atoms. The van der Waals surface area contributed by atoms with E-state index in [0.717, 1.165) is 5.52 Å². The predicted molar refractivity (Wildman–Crippen MR) is 81.3 cm³/mol. The van der Waals surface area contributed by atoms with Crippen molar-refractivity contribution in [1.29, 1.82) is 0 Å². The highest BCUT2D eigenvalue weighted by atomic mass is 16.3. The Kier molecular flexibility index (Phi) is 3.80. The zero-order valence-electron chi connectivity index (χ0n) is 12.7. The molecule has 23 heavy (non-hydrogen) atoms. The van der Waals surface area contributed by atoms with Crippen molar-refractivity contribution in [3.63, 3.8) is 0 Å². The third-order valence-electron chi connectivity index (χ3n) is 3.31. The summed E-state index contributed by atoms with van der Waals surface area (Å²) in [7, 11) is 0. The summed E-state index contributed by atoms with van der Waals surface area (Å²) in [6.45, 7) is 3.38. The summed E-state index contributed by atoms with van der Waals surface area (Å²) in [5.74, 6) is 0.285. The molecule has 0 saturated heterocycles. The average molecular weight is 313 g/mol. The van der Waals surface area contributed by atoms with E-state index < -0.39 is 11.8 Å². The summed E-state index contributed by atoms with van der Waals surface area (Å²) in [6, 6.07) is 8.92. The third-order valence-corrected chi connectivity index (χ3v) is 3.31. The minimum atomic E-state index is -0.434. The van der Waals surface area contributed by atoms with Gasteiger partial charge in [-0.05, 0) is 32.0 Å². The Bertz CT molecular complexity index is 880. The minimum Gasteiger partial charge on any atom is -0.466 e. The van der Waals surface area contributed by atoms with Gasteiger partial charge in [0.05, 0.1) is 11.1 Å². The number of hydrogen-bond donors (Lipinski definition) is 2. The summed E-state index contributed by atoms with van der Waals surface area (Å²) >= 11 is 0. The molecule has 0 spiro atoms. The van der Waals surface area contributed by atoms with E-state index in [1.807, 2.05) is 24.3 Å². The molecule has 0 aliphatic heterocycles. The number of hydrogen-bond acceptors (Lipinski definition) is 5. The molecular formula is C15H15N5O3. The van der Waals surface area contributed by atoms with Crippen LogP contribution >= 0.6 is 0 Å². The largest absolute Gasteiger partial charge is 0.466 e. The molecule has 0 saturated carbocycles. The van der Waals surface area contributed by atoms with Crippen LogP contribution < -0.4 is 10.9 Å². The first-order valence-electron chi connectivity index (χ1n) is 6.99. The van der Waals surface area contributed by atoms with Gasteiger partial charge in [0.25, 0.3) is 11.8 Å². The molecule has 118 valence electrons. The topological polar surface area (TPSA) is 102 Å². The SMILES string of the molecule is Cc1cc(C(=O)NNC(=O)Cn2nnc3ccccc32)c(C)o1. The lowest BCUT2D eigenvalue weighted by Crippen LogP contribution is -2.43. The molecule has 0 aliphatic carbocycles. The molecule has 2 amide bonds. The molecule has 3 rings (SSSR count). The fourth-order valence-electron chi connectivity index (χ4n) is 2.26. The van der Waals surface area contributed by atoms with Crippen molar-refractivity contribution < 1.29 is 14.0 Å². The molecule has 0 fully saturated rings. The van der Waals surface area contributed by atoms with Crippen molar-refractivity contribution in [1.82, 2.24) is 25.8 Å². The highest BCUT2D eigenvalue weighted by Crippen LogP contribution is 2.13. The van der Waals surface area contributed by atoms with E-state index in [1.165, 1.54) is 4.68 Å². The van der Waals surface area contributed by atoms with Crippen LogP contribution in [-0.2, 0) is 11.3 Å². The van der Waals surface area contributed by atoms with Gasteiger partial charge in [0, 0.05) is 0 Å². The van der Waals surface area contributed by atoms with Crippen molar-refractivity contribution >= 4 is 22.8 Å². The van der Waals surface area contributed by atoms with E-state index in [0.29, 0.717) is 22.6 Å². The number of nitrogens with zero attached hydrogens (tertiary/aromatic N) is 3. The second-order valence-electron chi connectivity index (χ2n) is 5.07. The van der Waals surface area contributed by atoms with Crippen molar-refractivity contribution in [3.8, 4) is 0 Å². The Morgan fingerprint density at radius 2 is 2.00 bits per heavy atom. The molecule has 0 aliphatic rings. The van der Waals surface area contributed by atoms with E-state index in [4.69, 9.17) is 4.42 Å². The van der Waals surface area contributed by atoms with Crippen LogP contribution in [0.2, 0.25) is 0 Å². The summed E-state index contributed by atoms with van der Waals surface area (Å²) in [4.78, 5) is 23.9. The van der Waals surface area contributed by atoms with Crippen LogP contribution in [0.4, 0.5) is 0 Å². The maximum absolute atomic E-state index is 12.0. The van der Waals surface area contributed by atoms with Crippen molar-refractivity contribution in [2.45, 2.75) is 20.4 Å². The minimum absolute atomic E-state index is 0.0514. The molecule has 3 aromatic rings. The number of para-hydroxylation sites is 1. The maximum Gasteiger partial charge on any atom is 0.273 e. The van der Waals surface area contributed by atoms with E-state index in [2.05, 4.69) is 21.2 Å². The number of fused-ring (bicyclic) bond motifs is 1. The van der Waals surface area contributed by atoms with Crippen molar-refractivity contribution in [2.75, 3.05) is 0 Å². The number of carbonyl (C=O) groups is 2. The summed E-state index contributed by atoms with van der Waals surface area (Å²) in [5.41, 5.74) is 6.54. The number of carbonyl (C=O) groups excluding carboxylic acids is 2. The molecule has 2 heterocycles. The Labute approximate surface area is 131 Å². The van der Waals surface area contributed by atoms with E-state index in [9.17, 15) is 9.59 Å². The van der Waals surface area contributed by atoms with Gasteiger partial charge in [-0.15, -0.1) is 5.10 Å². The van der Waals surface area contributed by atoms with Crippen LogP contribution in [0.1, 0.15) is 21.9 Å². The van der Waals surface area contributed by atoms with Gasteiger partial charge < -0.3 is 4.42 Å². The Morgan fingerprint density at radius 1 is 1.22 bits per heavy atom. The lowest BCUT2D eigenvalue weighted by Gasteiger charge is -2.07. The highest BCUT2D eigenvalue weighted by molar-refractivity contribution is 5.96. The van der Waals surface area contributed by atoms with Crippen LogP contribution in [0.15, 0.2) is 34.7 Å². The number of rotatable bonds is 3. The number of aromatic nitrogens is 3. The fourth-order valence-corrected chi connectivity index (χ4v) is 2.26. The first-order valence-corrected chi connectivity index (χ1v) is 6.99. The Hall–Kier alpha value is -3.16. The standard InChI is InChI=1S/C15H15N5O3/c1-9-7-11(10(2)23-9)15(22)18-17-14(21)8-20-13-6-4-3-5-12(13)16-19-20/h3-7H,8H2,1-2H3,(H,17,21)(H,18,22). The van der Waals surface area contributed by atoms with Gasteiger partial charge in [0.15, 0.2) is 0 Å². The Balaban J connectivity index is 1.61. The van der Waals surface area contributed by atoms with Gasteiger partial charge in [-0.1, -0.05) is 17.3 Å². The van der Waals surface area contributed by atoms with Crippen LogP contribution in [0.3, 0.4) is 0 Å². The quantitative estimate of drug-likeness (QED) is 0.705. The van der Waals surface area contributed by atoms with Crippen molar-refractivity contribution in [2.24, 2.45) is 0 Å². The zero-order valence-corrected chi connectivity index (χ0v) is 12.7. The highest BCUT2D eigenvalue weighted by Gasteiger charge is 2.14. The number of hydrazine groups is 1. The number of nitrogens with one attached hydrogen (secondary N) is 2. The third kappa shape index (κ3) is 3.05. The lowest BCUT2D eigenvalue weighted by atomic mass is 10.2.